The number of rotatable bonds is 3. The van der Waals surface area contributed by atoms with Crippen LogP contribution in [-0.4, -0.2) is 52.3 Å². The molecular weight excluding hydrogens is 330 g/mol. The highest BCUT2D eigenvalue weighted by atomic mass is 16.2. The Morgan fingerprint density at radius 3 is 2.54 bits per heavy atom. The topological polar surface area (TPSA) is 93.2 Å². The highest BCUT2D eigenvalue weighted by Crippen LogP contribution is 2.41. The van der Waals surface area contributed by atoms with Crippen LogP contribution < -0.4 is 11.1 Å². The van der Waals surface area contributed by atoms with Crippen LogP contribution in [0.4, 0.5) is 4.79 Å². The minimum absolute atomic E-state index is 0.158. The molecule has 7 heteroatoms. The second-order valence-electron chi connectivity index (χ2n) is 7.87. The molecule has 26 heavy (non-hydrogen) atoms. The fourth-order valence-electron chi connectivity index (χ4n) is 4.51. The van der Waals surface area contributed by atoms with Gasteiger partial charge in [-0.3, -0.25) is 4.79 Å². The summed E-state index contributed by atoms with van der Waals surface area (Å²) in [5.41, 5.74) is 7.57. The van der Waals surface area contributed by atoms with E-state index in [1.807, 2.05) is 18.2 Å². The van der Waals surface area contributed by atoms with Crippen molar-refractivity contribution in [3.05, 3.63) is 29.5 Å². The third-order valence-electron chi connectivity index (χ3n) is 6.15. The van der Waals surface area contributed by atoms with Crippen LogP contribution in [0.5, 0.6) is 0 Å². The van der Waals surface area contributed by atoms with Crippen molar-refractivity contribution in [2.24, 2.45) is 11.7 Å². The molecular formula is C19H23N5O2. The summed E-state index contributed by atoms with van der Waals surface area (Å²) in [6, 6.07) is 5.36. The molecule has 136 valence electrons. The first-order chi connectivity index (χ1) is 12.6. The molecule has 1 aliphatic carbocycles. The molecule has 3 N–H and O–H groups in total. The fraction of sp³-hybridized carbons (Fsp3) is 0.526. The van der Waals surface area contributed by atoms with Crippen molar-refractivity contribution in [2.45, 2.75) is 37.6 Å². The summed E-state index contributed by atoms with van der Waals surface area (Å²) in [5.74, 6) is 0.895. The quantitative estimate of drug-likeness (QED) is 0.878. The molecule has 7 nitrogen and oxygen atoms in total. The number of fused-ring (bicyclic) bond motifs is 4. The standard InChI is InChI=1S/C19H23N5O2/c20-19(26)24-16-4-3-13(11-1-2-11)9-14(16)17(22-24)18(25)21-15-10-23-7-5-12(15)6-8-23/h3-4,9,11-12,15H,1-2,5-8,10H2,(H2,20,26)(H,21,25)/t15-/m0/s1. The summed E-state index contributed by atoms with van der Waals surface area (Å²) in [6.45, 7) is 3.15. The summed E-state index contributed by atoms with van der Waals surface area (Å²) in [7, 11) is 0. The number of nitrogens with one attached hydrogen (secondary N) is 1. The number of piperidine rings is 3. The molecule has 1 aromatic heterocycles. The lowest BCUT2D eigenvalue weighted by atomic mass is 9.84. The maximum absolute atomic E-state index is 13.0. The predicted octanol–water partition coefficient (Wildman–Crippen LogP) is 1.66. The molecule has 2 bridgehead atoms. The van der Waals surface area contributed by atoms with Gasteiger partial charge in [-0.15, -0.1) is 0 Å². The molecule has 3 saturated heterocycles. The molecule has 0 radical (unpaired) electrons. The van der Waals surface area contributed by atoms with E-state index in [1.165, 1.54) is 18.4 Å². The molecule has 1 aromatic carbocycles. The largest absolute Gasteiger partial charge is 0.350 e. The van der Waals surface area contributed by atoms with E-state index in [0.29, 0.717) is 28.4 Å². The molecule has 4 heterocycles. The molecule has 1 atom stereocenters. The monoisotopic (exact) mass is 353 g/mol. The van der Waals surface area contributed by atoms with Gasteiger partial charge in [-0.25, -0.2) is 4.79 Å². The molecule has 0 unspecified atom stereocenters. The summed E-state index contributed by atoms with van der Waals surface area (Å²) >= 11 is 0. The van der Waals surface area contributed by atoms with Gasteiger partial charge < -0.3 is 16.0 Å². The van der Waals surface area contributed by atoms with E-state index in [2.05, 4.69) is 15.3 Å². The Hall–Kier alpha value is -2.41. The number of primary amides is 1. The first-order valence-electron chi connectivity index (χ1n) is 9.46. The third-order valence-corrected chi connectivity index (χ3v) is 6.15. The highest BCUT2D eigenvalue weighted by Gasteiger charge is 2.36. The molecule has 3 aliphatic heterocycles. The zero-order valence-corrected chi connectivity index (χ0v) is 14.6. The number of aromatic nitrogens is 2. The van der Waals surface area contributed by atoms with Crippen molar-refractivity contribution in [3.8, 4) is 0 Å². The molecule has 1 saturated carbocycles. The van der Waals surface area contributed by atoms with E-state index in [9.17, 15) is 9.59 Å². The van der Waals surface area contributed by atoms with Gasteiger partial charge in [0, 0.05) is 18.0 Å². The lowest BCUT2D eigenvalue weighted by Crippen LogP contribution is -2.57. The molecule has 6 rings (SSSR count). The van der Waals surface area contributed by atoms with E-state index in [4.69, 9.17) is 5.73 Å². The minimum atomic E-state index is -0.670. The summed E-state index contributed by atoms with van der Waals surface area (Å²) < 4.78 is 1.14. The van der Waals surface area contributed by atoms with Crippen LogP contribution >= 0.6 is 0 Å². The van der Waals surface area contributed by atoms with Crippen LogP contribution in [0.1, 0.15) is 47.7 Å². The number of carbonyl (C=O) groups is 2. The van der Waals surface area contributed by atoms with Crippen molar-refractivity contribution in [1.82, 2.24) is 20.0 Å². The molecule has 4 aliphatic rings. The van der Waals surface area contributed by atoms with Crippen molar-refractivity contribution >= 4 is 22.8 Å². The summed E-state index contributed by atoms with van der Waals surface area (Å²) in [5, 5.41) is 8.14. The summed E-state index contributed by atoms with van der Waals surface area (Å²) in [4.78, 5) is 27.1. The minimum Gasteiger partial charge on any atom is -0.350 e. The van der Waals surface area contributed by atoms with E-state index in [-0.39, 0.29) is 11.9 Å². The number of carbonyl (C=O) groups excluding carboxylic acids is 2. The number of hydrogen-bond donors (Lipinski definition) is 2. The van der Waals surface area contributed by atoms with Gasteiger partial charge >= 0.3 is 6.03 Å². The van der Waals surface area contributed by atoms with Crippen molar-refractivity contribution in [3.63, 3.8) is 0 Å². The van der Waals surface area contributed by atoms with Gasteiger partial charge in [-0.1, -0.05) is 6.07 Å². The lowest BCUT2D eigenvalue weighted by molar-refractivity contribution is 0.0618. The number of nitrogens with two attached hydrogens (primary N) is 1. The van der Waals surface area contributed by atoms with E-state index < -0.39 is 6.03 Å². The molecule has 4 fully saturated rings. The number of amides is 2. The smallest absolute Gasteiger partial charge is 0.340 e. The van der Waals surface area contributed by atoms with Crippen molar-refractivity contribution < 1.29 is 9.59 Å². The van der Waals surface area contributed by atoms with Crippen LogP contribution in [0, 0.1) is 5.92 Å². The fourth-order valence-corrected chi connectivity index (χ4v) is 4.51. The van der Waals surface area contributed by atoms with E-state index in [1.54, 1.807) is 0 Å². The number of hydrogen-bond acceptors (Lipinski definition) is 4. The van der Waals surface area contributed by atoms with Gasteiger partial charge in [0.1, 0.15) is 0 Å². The molecule has 2 amide bonds. The Morgan fingerprint density at radius 1 is 1.15 bits per heavy atom. The van der Waals surface area contributed by atoms with Gasteiger partial charge in [0.2, 0.25) is 0 Å². The van der Waals surface area contributed by atoms with E-state index in [0.717, 1.165) is 37.2 Å². The van der Waals surface area contributed by atoms with Crippen molar-refractivity contribution in [1.29, 1.82) is 0 Å². The zero-order valence-electron chi connectivity index (χ0n) is 14.6. The Bertz CT molecular complexity index is 893. The maximum atomic E-state index is 13.0. The van der Waals surface area contributed by atoms with Gasteiger partial charge in [0.15, 0.2) is 5.69 Å². The van der Waals surface area contributed by atoms with Gasteiger partial charge in [-0.2, -0.15) is 9.78 Å². The first-order valence-corrected chi connectivity index (χ1v) is 9.46. The average molecular weight is 353 g/mol. The Balaban J connectivity index is 1.49. The molecule has 2 aromatic rings. The Labute approximate surface area is 151 Å². The number of nitrogens with zero attached hydrogens (tertiary/aromatic N) is 3. The highest BCUT2D eigenvalue weighted by molar-refractivity contribution is 6.07. The second kappa shape index (κ2) is 5.81. The van der Waals surface area contributed by atoms with Crippen LogP contribution in [0.3, 0.4) is 0 Å². The van der Waals surface area contributed by atoms with Crippen LogP contribution in [0.25, 0.3) is 10.9 Å². The van der Waals surface area contributed by atoms with Crippen LogP contribution in [0.2, 0.25) is 0 Å². The maximum Gasteiger partial charge on any atom is 0.340 e. The van der Waals surface area contributed by atoms with Crippen molar-refractivity contribution in [2.75, 3.05) is 19.6 Å². The van der Waals surface area contributed by atoms with E-state index >= 15 is 0 Å². The van der Waals surface area contributed by atoms with Gasteiger partial charge in [-0.05, 0) is 68.3 Å². The van der Waals surface area contributed by atoms with Crippen LogP contribution in [-0.2, 0) is 0 Å². The Kier molecular flexibility index (Phi) is 3.53. The van der Waals surface area contributed by atoms with Crippen LogP contribution in [0.15, 0.2) is 18.2 Å². The Morgan fingerprint density at radius 2 is 1.92 bits per heavy atom. The number of benzene rings is 1. The predicted molar refractivity (Wildman–Crippen MR) is 97.1 cm³/mol. The first kappa shape index (κ1) is 15.8. The normalized spacial score (nSPS) is 27.6. The average Bonchev–Trinajstić information content (AvgIpc) is 3.42. The molecule has 0 spiro atoms. The SMILES string of the molecule is NC(=O)n1nc(C(=O)N[C@H]2CN3CCC2CC3)c2cc(C3CC3)ccc21. The second-order valence-corrected chi connectivity index (χ2v) is 7.87. The lowest BCUT2D eigenvalue weighted by Gasteiger charge is -2.44. The van der Waals surface area contributed by atoms with Gasteiger partial charge in [0.25, 0.3) is 5.91 Å². The zero-order chi connectivity index (χ0) is 17.8. The van der Waals surface area contributed by atoms with Gasteiger partial charge in [0.05, 0.1) is 5.52 Å². The third kappa shape index (κ3) is 2.58. The summed E-state index contributed by atoms with van der Waals surface area (Å²) in [6.07, 6.45) is 4.62.